The van der Waals surface area contributed by atoms with E-state index in [1.807, 2.05) is 0 Å². The Labute approximate surface area is 144 Å². The van der Waals surface area contributed by atoms with Crippen LogP contribution in [0.25, 0.3) is 0 Å². The number of benzene rings is 1. The Hall–Kier alpha value is -2.35. The Kier molecular flexibility index (Phi) is 5.28. The largest absolute Gasteiger partial charge is 0.366 e. The third-order valence-corrected chi connectivity index (χ3v) is 4.72. The SMILES string of the molecule is CCN1c2cc(C)c(/C=N/NC(=O)CC#N)cc2C(C)CC1(C)C. The number of anilines is 1. The van der Waals surface area contributed by atoms with E-state index in [1.54, 1.807) is 12.3 Å². The molecule has 1 aromatic rings. The summed E-state index contributed by atoms with van der Waals surface area (Å²) in [5.74, 6) is 0.0790. The lowest BCUT2D eigenvalue weighted by atomic mass is 9.79. The van der Waals surface area contributed by atoms with Gasteiger partial charge in [-0.3, -0.25) is 4.79 Å². The van der Waals surface area contributed by atoms with E-state index in [-0.39, 0.29) is 12.0 Å². The third kappa shape index (κ3) is 3.59. The van der Waals surface area contributed by atoms with Crippen LogP contribution < -0.4 is 10.3 Å². The van der Waals surface area contributed by atoms with Gasteiger partial charge in [-0.25, -0.2) is 5.43 Å². The fraction of sp³-hybridized carbons (Fsp3) is 0.526. The highest BCUT2D eigenvalue weighted by atomic mass is 16.2. The van der Waals surface area contributed by atoms with E-state index < -0.39 is 5.91 Å². The first-order chi connectivity index (χ1) is 11.3. The van der Waals surface area contributed by atoms with Gasteiger partial charge in [0.2, 0.25) is 0 Å². The molecule has 5 heteroatoms. The van der Waals surface area contributed by atoms with Crippen LogP contribution in [0.5, 0.6) is 0 Å². The van der Waals surface area contributed by atoms with Crippen LogP contribution in [0.4, 0.5) is 5.69 Å². The summed E-state index contributed by atoms with van der Waals surface area (Å²) in [6.45, 7) is 12.1. The number of hydrogen-bond donors (Lipinski definition) is 1. The summed E-state index contributed by atoms with van der Waals surface area (Å²) < 4.78 is 0. The van der Waals surface area contributed by atoms with Crippen molar-refractivity contribution in [2.75, 3.05) is 11.4 Å². The van der Waals surface area contributed by atoms with Crippen molar-refractivity contribution in [2.24, 2.45) is 5.10 Å². The van der Waals surface area contributed by atoms with Gasteiger partial charge in [-0.15, -0.1) is 0 Å². The molecule has 0 radical (unpaired) electrons. The van der Waals surface area contributed by atoms with Crippen molar-refractivity contribution in [1.82, 2.24) is 5.43 Å². The average Bonchev–Trinajstić information content (AvgIpc) is 2.48. The summed E-state index contributed by atoms with van der Waals surface area (Å²) in [6, 6.07) is 6.19. The molecule has 1 aliphatic heterocycles. The highest BCUT2D eigenvalue weighted by molar-refractivity contribution is 5.86. The molecule has 128 valence electrons. The molecule has 1 heterocycles. The van der Waals surface area contributed by atoms with Crippen molar-refractivity contribution in [3.8, 4) is 6.07 Å². The summed E-state index contributed by atoms with van der Waals surface area (Å²) >= 11 is 0. The maximum absolute atomic E-state index is 11.3. The minimum absolute atomic E-state index is 0.147. The van der Waals surface area contributed by atoms with E-state index in [4.69, 9.17) is 5.26 Å². The molecule has 1 amide bonds. The van der Waals surface area contributed by atoms with E-state index in [0.29, 0.717) is 5.92 Å². The van der Waals surface area contributed by atoms with Crippen LogP contribution in [0.3, 0.4) is 0 Å². The molecule has 1 unspecified atom stereocenters. The van der Waals surface area contributed by atoms with Crippen molar-refractivity contribution in [3.63, 3.8) is 0 Å². The maximum Gasteiger partial charge on any atom is 0.254 e. The van der Waals surface area contributed by atoms with E-state index >= 15 is 0 Å². The first kappa shape index (κ1) is 18.0. The van der Waals surface area contributed by atoms with Crippen LogP contribution in [0.15, 0.2) is 17.2 Å². The molecular formula is C19H26N4O. The number of amides is 1. The molecule has 0 saturated heterocycles. The Balaban J connectivity index is 2.33. The number of rotatable bonds is 4. The number of fused-ring (bicyclic) bond motifs is 1. The van der Waals surface area contributed by atoms with Crippen LogP contribution >= 0.6 is 0 Å². The van der Waals surface area contributed by atoms with Crippen LogP contribution in [0.2, 0.25) is 0 Å². The summed E-state index contributed by atoms with van der Waals surface area (Å²) in [7, 11) is 0. The number of carbonyl (C=O) groups excluding carboxylic acids is 1. The lowest BCUT2D eigenvalue weighted by Gasteiger charge is -2.47. The number of hydrazone groups is 1. The van der Waals surface area contributed by atoms with Gasteiger partial charge in [-0.2, -0.15) is 10.4 Å². The molecule has 0 saturated carbocycles. The zero-order chi connectivity index (χ0) is 17.9. The molecule has 0 fully saturated rings. The smallest absolute Gasteiger partial charge is 0.254 e. The highest BCUT2D eigenvalue weighted by Crippen LogP contribution is 2.43. The van der Waals surface area contributed by atoms with Crippen LogP contribution in [0, 0.1) is 18.3 Å². The quantitative estimate of drug-likeness (QED) is 0.680. The minimum Gasteiger partial charge on any atom is -0.366 e. The van der Waals surface area contributed by atoms with Crippen molar-refractivity contribution < 1.29 is 4.79 Å². The molecule has 1 aromatic carbocycles. The second kappa shape index (κ2) is 7.04. The minimum atomic E-state index is -0.392. The fourth-order valence-electron chi connectivity index (χ4n) is 3.67. The number of aryl methyl sites for hydroxylation is 1. The summed E-state index contributed by atoms with van der Waals surface area (Å²) in [5.41, 5.74) is 7.26. The monoisotopic (exact) mass is 326 g/mol. The molecule has 1 aliphatic rings. The number of carbonyl (C=O) groups is 1. The summed E-state index contributed by atoms with van der Waals surface area (Å²) in [6.07, 6.45) is 2.58. The summed E-state index contributed by atoms with van der Waals surface area (Å²) in [5, 5.41) is 12.5. The summed E-state index contributed by atoms with van der Waals surface area (Å²) in [4.78, 5) is 13.8. The molecule has 1 atom stereocenters. The number of hydrogen-bond acceptors (Lipinski definition) is 4. The Morgan fingerprint density at radius 2 is 2.25 bits per heavy atom. The van der Waals surface area contributed by atoms with Gasteiger partial charge in [-0.05, 0) is 68.9 Å². The zero-order valence-corrected chi connectivity index (χ0v) is 15.2. The van der Waals surface area contributed by atoms with E-state index in [1.165, 1.54) is 11.3 Å². The van der Waals surface area contributed by atoms with E-state index in [9.17, 15) is 4.79 Å². The molecular weight excluding hydrogens is 300 g/mol. The van der Waals surface area contributed by atoms with Gasteiger partial charge in [0.25, 0.3) is 5.91 Å². The van der Waals surface area contributed by atoms with Crippen LogP contribution in [0.1, 0.15) is 63.1 Å². The average molecular weight is 326 g/mol. The predicted octanol–water partition coefficient (Wildman–Crippen LogP) is 3.47. The normalized spacial score (nSPS) is 19.0. The second-order valence-electron chi connectivity index (χ2n) is 7.06. The van der Waals surface area contributed by atoms with Crippen molar-refractivity contribution in [2.45, 2.75) is 58.9 Å². The van der Waals surface area contributed by atoms with Gasteiger partial charge < -0.3 is 4.90 Å². The molecule has 5 nitrogen and oxygen atoms in total. The maximum atomic E-state index is 11.3. The third-order valence-electron chi connectivity index (χ3n) is 4.72. The van der Waals surface area contributed by atoms with E-state index in [0.717, 1.165) is 24.1 Å². The first-order valence-electron chi connectivity index (χ1n) is 8.41. The van der Waals surface area contributed by atoms with Gasteiger partial charge in [0.15, 0.2) is 0 Å². The molecule has 0 aliphatic carbocycles. The number of nitriles is 1. The fourth-order valence-corrected chi connectivity index (χ4v) is 3.67. The molecule has 0 bridgehead atoms. The standard InChI is InChI=1S/C19H26N4O/c1-6-23-17-9-13(2)15(12-21-22-18(24)7-8-20)10-16(17)14(3)11-19(23,4)5/h9-10,12,14H,6-7,11H2,1-5H3,(H,22,24)/b21-12+. The van der Waals surface area contributed by atoms with Gasteiger partial charge in [0.1, 0.15) is 6.42 Å². The van der Waals surface area contributed by atoms with Crippen molar-refractivity contribution >= 4 is 17.8 Å². The Bertz CT molecular complexity index is 700. The van der Waals surface area contributed by atoms with Gasteiger partial charge >= 0.3 is 0 Å². The Morgan fingerprint density at radius 3 is 2.88 bits per heavy atom. The van der Waals surface area contributed by atoms with Crippen molar-refractivity contribution in [1.29, 1.82) is 5.26 Å². The molecule has 0 aromatic heterocycles. The molecule has 24 heavy (non-hydrogen) atoms. The second-order valence-corrected chi connectivity index (χ2v) is 7.06. The van der Waals surface area contributed by atoms with Gasteiger partial charge in [-0.1, -0.05) is 6.92 Å². The lowest BCUT2D eigenvalue weighted by molar-refractivity contribution is -0.120. The van der Waals surface area contributed by atoms with Crippen molar-refractivity contribution in [3.05, 3.63) is 28.8 Å². The number of nitrogens with one attached hydrogen (secondary N) is 1. The number of nitrogens with zero attached hydrogens (tertiary/aromatic N) is 3. The predicted molar refractivity (Wildman–Crippen MR) is 97.3 cm³/mol. The van der Waals surface area contributed by atoms with Gasteiger partial charge in [0, 0.05) is 17.8 Å². The molecule has 0 spiro atoms. The first-order valence-corrected chi connectivity index (χ1v) is 8.41. The zero-order valence-electron chi connectivity index (χ0n) is 15.2. The molecule has 2 rings (SSSR count). The lowest BCUT2D eigenvalue weighted by Crippen LogP contribution is -2.48. The van der Waals surface area contributed by atoms with Gasteiger partial charge in [0.05, 0.1) is 12.3 Å². The van der Waals surface area contributed by atoms with E-state index in [2.05, 4.69) is 62.2 Å². The topological polar surface area (TPSA) is 68.5 Å². The van der Waals surface area contributed by atoms with Crippen LogP contribution in [-0.2, 0) is 4.79 Å². The Morgan fingerprint density at radius 1 is 1.54 bits per heavy atom. The molecule has 1 N–H and O–H groups in total. The van der Waals surface area contributed by atoms with Crippen LogP contribution in [-0.4, -0.2) is 24.2 Å². The highest BCUT2D eigenvalue weighted by Gasteiger charge is 2.35.